The highest BCUT2D eigenvalue weighted by Crippen LogP contribution is 2.28. The summed E-state index contributed by atoms with van der Waals surface area (Å²) in [6.45, 7) is 0. The average Bonchev–Trinajstić information content (AvgIpc) is 2.65. The molecule has 0 fully saturated rings. The maximum Gasteiger partial charge on any atom is 0.435 e. The van der Waals surface area contributed by atoms with Gasteiger partial charge in [0, 0.05) is 15.5 Å². The number of halogens is 4. The molecule has 0 saturated carbocycles. The lowest BCUT2D eigenvalue weighted by molar-refractivity contribution is -0.141. The van der Waals surface area contributed by atoms with Gasteiger partial charge in [-0.25, -0.2) is 4.68 Å². The molecule has 0 aliphatic rings. The number of hydrogen-bond donors (Lipinski definition) is 1. The van der Waals surface area contributed by atoms with Crippen LogP contribution in [0.15, 0.2) is 30.5 Å². The van der Waals surface area contributed by atoms with Gasteiger partial charge in [0.05, 0.1) is 5.69 Å². The van der Waals surface area contributed by atoms with E-state index in [2.05, 4.69) is 5.10 Å². The van der Waals surface area contributed by atoms with Gasteiger partial charge in [-0.15, -0.1) is 0 Å². The van der Waals surface area contributed by atoms with E-state index < -0.39 is 11.9 Å². The van der Waals surface area contributed by atoms with Gasteiger partial charge in [0.25, 0.3) is 0 Å². The van der Waals surface area contributed by atoms with E-state index in [1.165, 1.54) is 10.9 Å². The van der Waals surface area contributed by atoms with Crippen LogP contribution in [0.3, 0.4) is 0 Å². The average molecular weight is 353 g/mol. The molecule has 0 amide bonds. The van der Waals surface area contributed by atoms with Crippen LogP contribution >= 0.6 is 22.6 Å². The summed E-state index contributed by atoms with van der Waals surface area (Å²) in [6.07, 6.45) is -3.15. The van der Waals surface area contributed by atoms with E-state index in [1.807, 2.05) is 22.6 Å². The minimum absolute atomic E-state index is 0.557. The van der Waals surface area contributed by atoms with Crippen LogP contribution in [0, 0.1) is 3.57 Å². The number of alkyl halides is 3. The second-order valence-electron chi connectivity index (χ2n) is 3.35. The van der Waals surface area contributed by atoms with Crippen LogP contribution in [0.1, 0.15) is 5.69 Å². The third-order valence-corrected chi connectivity index (χ3v) is 2.96. The second kappa shape index (κ2) is 4.21. The van der Waals surface area contributed by atoms with Crippen molar-refractivity contribution in [2.45, 2.75) is 6.18 Å². The van der Waals surface area contributed by atoms with Gasteiger partial charge in [0.2, 0.25) is 0 Å². The van der Waals surface area contributed by atoms with Gasteiger partial charge < -0.3 is 5.73 Å². The summed E-state index contributed by atoms with van der Waals surface area (Å²) in [6, 6.07) is 5.86. The molecule has 2 N–H and O–H groups in total. The molecule has 2 rings (SSSR count). The first-order chi connectivity index (χ1) is 7.88. The first-order valence-electron chi connectivity index (χ1n) is 4.56. The van der Waals surface area contributed by atoms with Crippen molar-refractivity contribution in [1.29, 1.82) is 0 Å². The standard InChI is InChI=1S/C10H7F3IN3/c11-10(12,13)9-3-4-17(16-9)8-2-1-6(15)5-7(8)14/h1-5H,15H2. The van der Waals surface area contributed by atoms with Gasteiger partial charge in [-0.1, -0.05) is 0 Å². The van der Waals surface area contributed by atoms with Crippen LogP contribution < -0.4 is 5.73 Å². The first kappa shape index (κ1) is 12.2. The van der Waals surface area contributed by atoms with Crippen molar-refractivity contribution in [3.05, 3.63) is 39.7 Å². The highest BCUT2D eigenvalue weighted by Gasteiger charge is 2.33. The summed E-state index contributed by atoms with van der Waals surface area (Å²) in [5.74, 6) is 0. The Morgan fingerprint density at radius 2 is 1.94 bits per heavy atom. The molecule has 3 nitrogen and oxygen atoms in total. The van der Waals surface area contributed by atoms with Crippen LogP contribution in [0.5, 0.6) is 0 Å². The molecule has 7 heteroatoms. The molecule has 0 bridgehead atoms. The Labute approximate surface area is 109 Å². The van der Waals surface area contributed by atoms with Crippen LogP contribution in [0.4, 0.5) is 18.9 Å². The number of rotatable bonds is 1. The Hall–Kier alpha value is -1.25. The Morgan fingerprint density at radius 3 is 2.47 bits per heavy atom. The Bertz CT molecular complexity index is 548. The maximum atomic E-state index is 12.4. The van der Waals surface area contributed by atoms with Crippen molar-refractivity contribution in [2.24, 2.45) is 0 Å². The molecule has 0 aliphatic heterocycles. The number of hydrogen-bond acceptors (Lipinski definition) is 2. The summed E-state index contributed by atoms with van der Waals surface area (Å²) >= 11 is 2.00. The van der Waals surface area contributed by atoms with E-state index in [0.717, 1.165) is 9.64 Å². The fraction of sp³-hybridized carbons (Fsp3) is 0.100. The van der Waals surface area contributed by atoms with Gasteiger partial charge in [0.1, 0.15) is 0 Å². The molecule has 0 saturated heterocycles. The van der Waals surface area contributed by atoms with E-state index in [9.17, 15) is 13.2 Å². The Kier molecular flexibility index (Phi) is 3.02. The van der Waals surface area contributed by atoms with Crippen molar-refractivity contribution < 1.29 is 13.2 Å². The smallest absolute Gasteiger partial charge is 0.399 e. The topological polar surface area (TPSA) is 43.8 Å². The number of anilines is 1. The maximum absolute atomic E-state index is 12.4. The van der Waals surface area contributed by atoms with Crippen LogP contribution in [-0.4, -0.2) is 9.78 Å². The van der Waals surface area contributed by atoms with Crippen molar-refractivity contribution >= 4 is 28.3 Å². The van der Waals surface area contributed by atoms with E-state index in [4.69, 9.17) is 5.73 Å². The minimum atomic E-state index is -4.43. The minimum Gasteiger partial charge on any atom is -0.399 e. The zero-order valence-electron chi connectivity index (χ0n) is 8.37. The summed E-state index contributed by atoms with van der Waals surface area (Å²) in [7, 11) is 0. The molecule has 1 aromatic heterocycles. The van der Waals surface area contributed by atoms with Crippen molar-refractivity contribution in [1.82, 2.24) is 9.78 Å². The van der Waals surface area contributed by atoms with Crippen LogP contribution in [0.25, 0.3) is 5.69 Å². The van der Waals surface area contributed by atoms with E-state index in [-0.39, 0.29) is 0 Å². The predicted molar refractivity (Wildman–Crippen MR) is 65.7 cm³/mol. The highest BCUT2D eigenvalue weighted by atomic mass is 127. The first-order valence-corrected chi connectivity index (χ1v) is 5.64. The van der Waals surface area contributed by atoms with Crippen molar-refractivity contribution in [2.75, 3.05) is 5.73 Å². The third-order valence-electron chi connectivity index (χ3n) is 2.10. The molecule has 0 unspecified atom stereocenters. The zero-order chi connectivity index (χ0) is 12.6. The number of nitrogen functional groups attached to an aromatic ring is 1. The molecule has 2 aromatic rings. The van der Waals surface area contributed by atoms with Gasteiger partial charge in [-0.2, -0.15) is 18.3 Å². The van der Waals surface area contributed by atoms with Gasteiger partial charge in [-0.3, -0.25) is 0 Å². The molecule has 17 heavy (non-hydrogen) atoms. The highest BCUT2D eigenvalue weighted by molar-refractivity contribution is 14.1. The predicted octanol–water partition coefficient (Wildman–Crippen LogP) is 3.08. The Balaban J connectivity index is 2.44. The molecule has 0 aliphatic carbocycles. The monoisotopic (exact) mass is 353 g/mol. The molecule has 0 atom stereocenters. The van der Waals surface area contributed by atoms with Crippen molar-refractivity contribution in [3.8, 4) is 5.69 Å². The normalized spacial score (nSPS) is 11.8. The number of nitrogens with zero attached hydrogens (tertiary/aromatic N) is 2. The largest absolute Gasteiger partial charge is 0.435 e. The lowest BCUT2D eigenvalue weighted by Gasteiger charge is -2.06. The van der Waals surface area contributed by atoms with Crippen LogP contribution in [0.2, 0.25) is 0 Å². The summed E-state index contributed by atoms with van der Waals surface area (Å²) in [5, 5.41) is 3.49. The summed E-state index contributed by atoms with van der Waals surface area (Å²) in [4.78, 5) is 0. The van der Waals surface area contributed by atoms with Crippen LogP contribution in [-0.2, 0) is 6.18 Å². The molecule has 0 radical (unpaired) electrons. The SMILES string of the molecule is Nc1ccc(-n2ccc(C(F)(F)F)n2)c(I)c1. The third kappa shape index (κ3) is 2.54. The van der Waals surface area contributed by atoms with Gasteiger partial charge in [-0.05, 0) is 46.9 Å². The number of benzene rings is 1. The fourth-order valence-corrected chi connectivity index (χ4v) is 2.10. The number of aromatic nitrogens is 2. The fourth-order valence-electron chi connectivity index (χ4n) is 1.32. The van der Waals surface area contributed by atoms with Gasteiger partial charge >= 0.3 is 6.18 Å². The molecule has 1 heterocycles. The second-order valence-corrected chi connectivity index (χ2v) is 4.52. The van der Waals surface area contributed by atoms with E-state index in [1.54, 1.807) is 18.2 Å². The summed E-state index contributed by atoms with van der Waals surface area (Å²) in [5.41, 5.74) is 5.78. The number of nitrogens with two attached hydrogens (primary N) is 1. The summed E-state index contributed by atoms with van der Waals surface area (Å²) < 4.78 is 39.1. The van der Waals surface area contributed by atoms with E-state index >= 15 is 0 Å². The molecular formula is C10H7F3IN3. The van der Waals surface area contributed by atoms with Crippen molar-refractivity contribution in [3.63, 3.8) is 0 Å². The zero-order valence-corrected chi connectivity index (χ0v) is 10.5. The molecule has 0 spiro atoms. The lowest BCUT2D eigenvalue weighted by Crippen LogP contribution is -2.07. The Morgan fingerprint density at radius 1 is 1.24 bits per heavy atom. The van der Waals surface area contributed by atoms with Gasteiger partial charge in [0.15, 0.2) is 5.69 Å². The molecular weight excluding hydrogens is 346 g/mol. The quantitative estimate of drug-likeness (QED) is 0.633. The molecule has 90 valence electrons. The van der Waals surface area contributed by atoms with E-state index in [0.29, 0.717) is 11.4 Å². The lowest BCUT2D eigenvalue weighted by atomic mass is 10.3. The molecule has 1 aromatic carbocycles.